The minimum atomic E-state index is -4.79. The van der Waals surface area contributed by atoms with Crippen LogP contribution in [-0.2, 0) is 6.18 Å². The topological polar surface area (TPSA) is 133 Å². The van der Waals surface area contributed by atoms with Gasteiger partial charge in [0.2, 0.25) is 29.2 Å². The largest absolute Gasteiger partial charge is 0.469 e. The summed E-state index contributed by atoms with van der Waals surface area (Å²) in [5.41, 5.74) is 6.02. The van der Waals surface area contributed by atoms with E-state index in [2.05, 4.69) is 19.9 Å². The van der Waals surface area contributed by atoms with Crippen molar-refractivity contribution in [2.24, 2.45) is 0 Å². The molecule has 10 nitrogen and oxygen atoms in total. The number of piperidine rings is 1. The lowest BCUT2D eigenvalue weighted by Crippen LogP contribution is -2.40. The number of aromatic nitrogens is 4. The summed E-state index contributed by atoms with van der Waals surface area (Å²) in [6, 6.07) is 4.13. The Morgan fingerprint density at radius 3 is 2.39 bits per heavy atom. The summed E-state index contributed by atoms with van der Waals surface area (Å²) in [6.45, 7) is -0.419. The Hall–Kier alpha value is -4.43. The molecule has 1 aliphatic rings. The van der Waals surface area contributed by atoms with Gasteiger partial charge >= 0.3 is 12.3 Å². The van der Waals surface area contributed by atoms with Crippen LogP contribution < -0.4 is 15.2 Å². The number of nitrogens with two attached hydrogens (primary N) is 1. The Morgan fingerprint density at radius 1 is 1.05 bits per heavy atom. The second kappa shape index (κ2) is 10.9. The van der Waals surface area contributed by atoms with E-state index in [1.54, 1.807) is 0 Å². The van der Waals surface area contributed by atoms with Crippen LogP contribution in [0.15, 0.2) is 36.7 Å². The second-order valence-corrected chi connectivity index (χ2v) is 8.14. The van der Waals surface area contributed by atoms with Crippen molar-refractivity contribution in [2.75, 3.05) is 25.4 Å². The number of para-hydroxylation sites is 1. The van der Waals surface area contributed by atoms with Crippen LogP contribution in [0.5, 0.6) is 11.6 Å². The molecule has 4 rings (SSSR count). The number of nitrogens with zero attached hydrogens (tertiary/aromatic N) is 5. The first-order valence-corrected chi connectivity index (χ1v) is 11.1. The van der Waals surface area contributed by atoms with Crippen molar-refractivity contribution in [1.82, 2.24) is 24.8 Å². The lowest BCUT2D eigenvalue weighted by Gasteiger charge is -2.31. The third-order valence-corrected chi connectivity index (χ3v) is 5.62. The van der Waals surface area contributed by atoms with Gasteiger partial charge in [-0.15, -0.1) is 0 Å². The molecule has 200 valence electrons. The molecule has 0 spiro atoms. The number of ether oxygens (including phenoxy) is 2. The van der Waals surface area contributed by atoms with E-state index in [1.165, 1.54) is 11.1 Å². The summed E-state index contributed by atoms with van der Waals surface area (Å²) in [6.07, 6.45) is -3.09. The maximum Gasteiger partial charge on any atom is 0.451 e. The van der Waals surface area contributed by atoms with E-state index < -0.39 is 53.7 Å². The summed E-state index contributed by atoms with van der Waals surface area (Å²) >= 11 is 0. The highest BCUT2D eigenvalue weighted by Crippen LogP contribution is 2.31. The van der Waals surface area contributed by atoms with Crippen molar-refractivity contribution in [1.29, 1.82) is 0 Å². The number of carbonyl (C=O) groups excluding carboxylic acids is 2. The van der Waals surface area contributed by atoms with Crippen molar-refractivity contribution in [3.8, 4) is 11.6 Å². The minimum Gasteiger partial charge on any atom is -0.469 e. The molecule has 0 radical (unpaired) electrons. The molecule has 1 saturated heterocycles. The van der Waals surface area contributed by atoms with E-state index in [-0.39, 0.29) is 36.2 Å². The summed E-state index contributed by atoms with van der Waals surface area (Å²) in [5.74, 6) is -5.81. The van der Waals surface area contributed by atoms with E-state index in [9.17, 15) is 31.5 Å². The monoisotopic (exact) mass is 538 g/mol. The SMILES string of the molecule is Nc1ncc(C(=O)COc2ccnc(C(F)(F)F)n2)c(C2CCN(C(=O)Oc3c(F)cccc3F)CC2)n1. The number of likely N-dealkylation sites (tertiary alicyclic amines) is 1. The van der Waals surface area contributed by atoms with Gasteiger partial charge < -0.3 is 20.1 Å². The average Bonchev–Trinajstić information content (AvgIpc) is 2.89. The number of carbonyl (C=O) groups is 2. The number of ketones is 1. The van der Waals surface area contributed by atoms with Crippen LogP contribution in [0.3, 0.4) is 0 Å². The van der Waals surface area contributed by atoms with Gasteiger partial charge in [0.25, 0.3) is 0 Å². The maximum absolute atomic E-state index is 13.8. The quantitative estimate of drug-likeness (QED) is 0.368. The molecule has 3 aromatic rings. The van der Waals surface area contributed by atoms with E-state index in [0.717, 1.165) is 30.5 Å². The zero-order valence-electron chi connectivity index (χ0n) is 19.4. The number of benzene rings is 1. The number of alkyl halides is 3. The molecule has 2 aromatic heterocycles. The van der Waals surface area contributed by atoms with E-state index >= 15 is 0 Å². The summed E-state index contributed by atoms with van der Waals surface area (Å²) in [4.78, 5) is 40.9. The van der Waals surface area contributed by atoms with E-state index in [0.29, 0.717) is 12.8 Å². The molecule has 38 heavy (non-hydrogen) atoms. The van der Waals surface area contributed by atoms with Gasteiger partial charge in [-0.05, 0) is 25.0 Å². The van der Waals surface area contributed by atoms with Crippen molar-refractivity contribution >= 4 is 17.8 Å². The number of rotatable bonds is 6. The zero-order valence-corrected chi connectivity index (χ0v) is 19.4. The molecule has 0 aliphatic carbocycles. The highest BCUT2D eigenvalue weighted by atomic mass is 19.4. The van der Waals surface area contributed by atoms with Crippen molar-refractivity contribution in [2.45, 2.75) is 24.9 Å². The van der Waals surface area contributed by atoms with E-state index in [1.807, 2.05) is 0 Å². The normalized spacial score (nSPS) is 14.3. The summed E-state index contributed by atoms with van der Waals surface area (Å²) in [7, 11) is 0. The Balaban J connectivity index is 1.41. The Labute approximate surface area is 211 Å². The van der Waals surface area contributed by atoms with Gasteiger partial charge in [-0.3, -0.25) is 4.79 Å². The van der Waals surface area contributed by atoms with Crippen molar-refractivity contribution in [3.63, 3.8) is 0 Å². The molecule has 0 bridgehead atoms. The molecule has 0 atom stereocenters. The third kappa shape index (κ3) is 6.10. The standard InChI is InChI=1S/C23H19F5N6O4/c24-14-2-1-3-15(25)19(14)38-22(36)34-8-5-12(6-9-34)18-13(10-31-21(29)33-18)16(35)11-37-17-4-7-30-20(32-17)23(26,27)28/h1-4,7,10,12H,5-6,8-9,11H2,(H2,29,31,33). The summed E-state index contributed by atoms with van der Waals surface area (Å²) in [5, 5.41) is 0. The fourth-order valence-corrected chi connectivity index (χ4v) is 3.78. The first-order valence-electron chi connectivity index (χ1n) is 11.1. The zero-order chi connectivity index (χ0) is 27.4. The molecule has 1 fully saturated rings. The molecule has 1 amide bonds. The fraction of sp³-hybridized carbons (Fsp3) is 0.304. The minimum absolute atomic E-state index is 0.0405. The Bertz CT molecular complexity index is 1330. The predicted molar refractivity (Wildman–Crippen MR) is 119 cm³/mol. The molecular weight excluding hydrogens is 519 g/mol. The number of halogens is 5. The molecule has 0 saturated carbocycles. The van der Waals surface area contributed by atoms with Crippen LogP contribution in [0, 0.1) is 11.6 Å². The number of Topliss-reactive ketones (excluding diaryl/α,β-unsaturated/α-hetero) is 1. The van der Waals surface area contributed by atoms with Gasteiger partial charge in [-0.2, -0.15) is 18.2 Å². The highest BCUT2D eigenvalue weighted by Gasteiger charge is 2.35. The molecule has 1 aromatic carbocycles. The van der Waals surface area contributed by atoms with Gasteiger partial charge in [0.15, 0.2) is 18.2 Å². The van der Waals surface area contributed by atoms with Crippen LogP contribution >= 0.6 is 0 Å². The van der Waals surface area contributed by atoms with Gasteiger partial charge in [-0.25, -0.2) is 28.5 Å². The number of hydrogen-bond acceptors (Lipinski definition) is 9. The highest BCUT2D eigenvalue weighted by molar-refractivity contribution is 5.98. The molecular formula is C23H19F5N6O4. The molecule has 3 heterocycles. The first-order chi connectivity index (χ1) is 18.0. The lowest BCUT2D eigenvalue weighted by atomic mass is 9.90. The van der Waals surface area contributed by atoms with Gasteiger partial charge in [0.05, 0.1) is 11.3 Å². The van der Waals surface area contributed by atoms with Crippen LogP contribution in [0.25, 0.3) is 0 Å². The first kappa shape index (κ1) is 26.6. The van der Waals surface area contributed by atoms with Crippen molar-refractivity contribution in [3.05, 3.63) is 65.4 Å². The number of nitrogen functional groups attached to an aromatic ring is 1. The van der Waals surface area contributed by atoms with Gasteiger partial charge in [0.1, 0.15) is 0 Å². The van der Waals surface area contributed by atoms with Crippen LogP contribution in [-0.4, -0.2) is 56.4 Å². The average molecular weight is 538 g/mol. The van der Waals surface area contributed by atoms with Gasteiger partial charge in [0, 0.05) is 37.5 Å². The molecule has 1 aliphatic heterocycles. The Kier molecular flexibility index (Phi) is 7.64. The molecule has 0 unspecified atom stereocenters. The fourth-order valence-electron chi connectivity index (χ4n) is 3.78. The smallest absolute Gasteiger partial charge is 0.451 e. The second-order valence-electron chi connectivity index (χ2n) is 8.14. The number of amides is 1. The van der Waals surface area contributed by atoms with Crippen molar-refractivity contribution < 1.29 is 41.0 Å². The lowest BCUT2D eigenvalue weighted by molar-refractivity contribution is -0.145. The van der Waals surface area contributed by atoms with E-state index in [4.69, 9.17) is 15.2 Å². The van der Waals surface area contributed by atoms with Crippen LogP contribution in [0.1, 0.15) is 40.6 Å². The number of anilines is 1. The Morgan fingerprint density at radius 2 is 1.74 bits per heavy atom. The van der Waals surface area contributed by atoms with Crippen LogP contribution in [0.2, 0.25) is 0 Å². The summed E-state index contributed by atoms with van der Waals surface area (Å²) < 4.78 is 76.0. The maximum atomic E-state index is 13.8. The van der Waals surface area contributed by atoms with Crippen LogP contribution in [0.4, 0.5) is 32.7 Å². The number of hydrogen-bond donors (Lipinski definition) is 1. The third-order valence-electron chi connectivity index (χ3n) is 5.62. The predicted octanol–water partition coefficient (Wildman–Crippen LogP) is 3.79. The molecule has 15 heteroatoms. The molecule has 2 N–H and O–H groups in total. The van der Waals surface area contributed by atoms with Gasteiger partial charge in [-0.1, -0.05) is 6.07 Å².